The van der Waals surface area contributed by atoms with E-state index in [2.05, 4.69) is 205 Å². The minimum Gasteiger partial charge on any atom is -0.456 e. The molecule has 11 aromatic rings. The van der Waals surface area contributed by atoms with Gasteiger partial charge in [-0.25, -0.2) is 0 Å². The summed E-state index contributed by atoms with van der Waals surface area (Å²) in [4.78, 5) is 2.43. The van der Waals surface area contributed by atoms with Crippen LogP contribution in [-0.2, 0) is 0 Å². The summed E-state index contributed by atoms with van der Waals surface area (Å²) in [5, 5.41) is 12.1. The van der Waals surface area contributed by atoms with Gasteiger partial charge in [0.15, 0.2) is 0 Å². The summed E-state index contributed by atoms with van der Waals surface area (Å²) in [6.07, 6.45) is 0. The molecule has 0 bridgehead atoms. The lowest BCUT2D eigenvalue weighted by molar-refractivity contribution is 0.669. The highest BCUT2D eigenvalue weighted by atomic mass is 16.3. The van der Waals surface area contributed by atoms with Gasteiger partial charge in [0, 0.05) is 27.4 Å². The van der Waals surface area contributed by atoms with Crippen molar-refractivity contribution in [1.82, 2.24) is 0 Å². The van der Waals surface area contributed by atoms with Crippen molar-refractivity contribution in [2.45, 2.75) is 0 Å². The minimum absolute atomic E-state index is 0.886. The molecule has 0 spiro atoms. The van der Waals surface area contributed by atoms with Crippen molar-refractivity contribution in [2.75, 3.05) is 4.90 Å². The van der Waals surface area contributed by atoms with Gasteiger partial charge >= 0.3 is 0 Å². The minimum atomic E-state index is 0.886. The molecule has 0 saturated carbocycles. The van der Waals surface area contributed by atoms with Crippen LogP contribution in [0.4, 0.5) is 17.1 Å². The topological polar surface area (TPSA) is 16.4 Å². The molecule has 1 aromatic heterocycles. The standard InChI is InChI=1S/C52H33NO/c1-2-15-38-33-51-47(32-37(38)14-1)52-46(22-11-25-50(52)54-51)45-19-7-8-23-49(45)53(48-24-9-16-34-12-4-6-18-42(34)48)39-29-26-36(27-30-39)41-20-10-21-43-40-17-5-3-13-35(40)28-31-44(41)43/h1-33H. The smallest absolute Gasteiger partial charge is 0.136 e. The van der Waals surface area contributed by atoms with E-state index in [0.29, 0.717) is 0 Å². The van der Waals surface area contributed by atoms with E-state index in [1.165, 1.54) is 54.2 Å². The molecule has 0 aliphatic carbocycles. The van der Waals surface area contributed by atoms with Crippen LogP contribution in [0.25, 0.3) is 87.3 Å². The van der Waals surface area contributed by atoms with Gasteiger partial charge in [0.1, 0.15) is 11.2 Å². The largest absolute Gasteiger partial charge is 0.456 e. The molecule has 0 atom stereocenters. The third-order valence-corrected chi connectivity index (χ3v) is 11.0. The second-order valence-corrected chi connectivity index (χ2v) is 14.1. The van der Waals surface area contributed by atoms with Crippen LogP contribution in [0.3, 0.4) is 0 Å². The fraction of sp³-hybridized carbons (Fsp3) is 0. The van der Waals surface area contributed by atoms with E-state index in [9.17, 15) is 0 Å². The molecule has 252 valence electrons. The van der Waals surface area contributed by atoms with Crippen LogP contribution in [0.5, 0.6) is 0 Å². The van der Waals surface area contributed by atoms with Crippen LogP contribution in [0.15, 0.2) is 205 Å². The lowest BCUT2D eigenvalue weighted by atomic mass is 9.94. The average Bonchev–Trinajstić information content (AvgIpc) is 3.61. The van der Waals surface area contributed by atoms with Gasteiger partial charge in [0.2, 0.25) is 0 Å². The Morgan fingerprint density at radius 1 is 0.315 bits per heavy atom. The van der Waals surface area contributed by atoms with Crippen LogP contribution in [-0.4, -0.2) is 0 Å². The van der Waals surface area contributed by atoms with Gasteiger partial charge in [-0.1, -0.05) is 158 Å². The molecule has 0 aliphatic heterocycles. The number of fused-ring (bicyclic) bond motifs is 8. The summed E-state index contributed by atoms with van der Waals surface area (Å²) in [5.41, 5.74) is 9.79. The predicted molar refractivity (Wildman–Crippen MR) is 229 cm³/mol. The average molecular weight is 688 g/mol. The van der Waals surface area contributed by atoms with E-state index < -0.39 is 0 Å². The Kier molecular flexibility index (Phi) is 6.90. The Labute approximate surface area is 312 Å². The summed E-state index contributed by atoms with van der Waals surface area (Å²) >= 11 is 0. The maximum atomic E-state index is 6.55. The van der Waals surface area contributed by atoms with Gasteiger partial charge in [-0.2, -0.15) is 0 Å². The highest BCUT2D eigenvalue weighted by molar-refractivity contribution is 6.17. The predicted octanol–water partition coefficient (Wildman–Crippen LogP) is 15.0. The number of hydrogen-bond donors (Lipinski definition) is 0. The molecular formula is C52H33NO. The molecule has 2 nitrogen and oxygen atoms in total. The van der Waals surface area contributed by atoms with Crippen molar-refractivity contribution in [2.24, 2.45) is 0 Å². The monoisotopic (exact) mass is 687 g/mol. The maximum absolute atomic E-state index is 6.55. The Morgan fingerprint density at radius 2 is 0.907 bits per heavy atom. The zero-order valence-corrected chi connectivity index (χ0v) is 29.4. The first-order chi connectivity index (χ1) is 26.8. The van der Waals surface area contributed by atoms with Gasteiger partial charge in [-0.05, 0) is 96.9 Å². The molecule has 0 N–H and O–H groups in total. The lowest BCUT2D eigenvalue weighted by Gasteiger charge is -2.29. The summed E-state index contributed by atoms with van der Waals surface area (Å²) < 4.78 is 6.55. The van der Waals surface area contributed by atoms with Crippen molar-refractivity contribution in [1.29, 1.82) is 0 Å². The zero-order chi connectivity index (χ0) is 35.6. The van der Waals surface area contributed by atoms with Crippen molar-refractivity contribution in [3.63, 3.8) is 0 Å². The number of rotatable bonds is 5. The molecule has 0 unspecified atom stereocenters. The highest BCUT2D eigenvalue weighted by Crippen LogP contribution is 2.47. The molecule has 0 saturated heterocycles. The third kappa shape index (κ3) is 4.81. The third-order valence-electron chi connectivity index (χ3n) is 11.0. The van der Waals surface area contributed by atoms with Crippen LogP contribution < -0.4 is 4.90 Å². The lowest BCUT2D eigenvalue weighted by Crippen LogP contribution is -2.11. The molecule has 1 heterocycles. The maximum Gasteiger partial charge on any atom is 0.136 e. The second kappa shape index (κ2) is 12.2. The molecular weight excluding hydrogens is 655 g/mol. The summed E-state index contributed by atoms with van der Waals surface area (Å²) in [7, 11) is 0. The molecule has 0 aliphatic rings. The van der Waals surface area contributed by atoms with Crippen LogP contribution >= 0.6 is 0 Å². The first-order valence-electron chi connectivity index (χ1n) is 18.5. The Hall–Kier alpha value is -7.16. The van der Waals surface area contributed by atoms with Crippen LogP contribution in [0.2, 0.25) is 0 Å². The van der Waals surface area contributed by atoms with Gasteiger partial charge in [-0.15, -0.1) is 0 Å². The molecule has 54 heavy (non-hydrogen) atoms. The molecule has 0 radical (unpaired) electrons. The van der Waals surface area contributed by atoms with Gasteiger partial charge in [-0.3, -0.25) is 0 Å². The fourth-order valence-electron chi connectivity index (χ4n) is 8.53. The Morgan fingerprint density at radius 3 is 1.76 bits per heavy atom. The summed E-state index contributed by atoms with van der Waals surface area (Å²) in [6.45, 7) is 0. The Balaban J connectivity index is 1.12. The number of benzene rings is 10. The van der Waals surface area contributed by atoms with Gasteiger partial charge in [0.25, 0.3) is 0 Å². The van der Waals surface area contributed by atoms with E-state index >= 15 is 0 Å². The Bertz CT molecular complexity index is 3220. The van der Waals surface area contributed by atoms with Crippen molar-refractivity contribution in [3.05, 3.63) is 200 Å². The first kappa shape index (κ1) is 30.5. The zero-order valence-electron chi connectivity index (χ0n) is 29.4. The van der Waals surface area contributed by atoms with E-state index in [-0.39, 0.29) is 0 Å². The van der Waals surface area contributed by atoms with Gasteiger partial charge < -0.3 is 9.32 Å². The van der Waals surface area contributed by atoms with Gasteiger partial charge in [0.05, 0.1) is 11.4 Å². The van der Waals surface area contributed by atoms with Crippen molar-refractivity contribution in [3.8, 4) is 22.3 Å². The molecule has 10 aromatic carbocycles. The summed E-state index contributed by atoms with van der Waals surface area (Å²) in [6, 6.07) is 72.3. The summed E-state index contributed by atoms with van der Waals surface area (Å²) in [5.74, 6) is 0. The number of nitrogens with zero attached hydrogens (tertiary/aromatic N) is 1. The van der Waals surface area contributed by atoms with Crippen LogP contribution in [0, 0.1) is 0 Å². The van der Waals surface area contributed by atoms with Crippen LogP contribution in [0.1, 0.15) is 0 Å². The van der Waals surface area contributed by atoms with E-state index in [0.717, 1.165) is 50.1 Å². The van der Waals surface area contributed by atoms with E-state index in [1.54, 1.807) is 0 Å². The van der Waals surface area contributed by atoms with E-state index in [1.807, 2.05) is 0 Å². The SMILES string of the molecule is c1ccc(N(c2ccc(-c3cccc4c3ccc3ccccc34)cc2)c2cccc3ccccc23)c(-c2cccc3oc4cc5ccccc5cc4c23)c1. The molecule has 11 rings (SSSR count). The fourth-order valence-corrected chi connectivity index (χ4v) is 8.53. The number of furan rings is 1. The molecule has 2 heteroatoms. The highest BCUT2D eigenvalue weighted by Gasteiger charge is 2.22. The normalized spacial score (nSPS) is 11.7. The van der Waals surface area contributed by atoms with Crippen molar-refractivity contribution >= 4 is 82.1 Å². The first-order valence-corrected chi connectivity index (χ1v) is 18.5. The quantitative estimate of drug-likeness (QED) is 0.168. The number of anilines is 3. The molecule has 0 fully saturated rings. The molecule has 0 amide bonds. The second-order valence-electron chi connectivity index (χ2n) is 14.1. The van der Waals surface area contributed by atoms with E-state index in [4.69, 9.17) is 4.42 Å². The van der Waals surface area contributed by atoms with Crippen molar-refractivity contribution < 1.29 is 4.42 Å². The number of para-hydroxylation sites is 1. The number of hydrogen-bond acceptors (Lipinski definition) is 2.